The van der Waals surface area contributed by atoms with Gasteiger partial charge in [-0.3, -0.25) is 24.9 Å². The number of piperazine rings is 1. The second-order valence-corrected chi connectivity index (χ2v) is 9.90. The topological polar surface area (TPSA) is 127 Å². The van der Waals surface area contributed by atoms with E-state index in [1.165, 1.54) is 6.20 Å². The molecule has 5 heterocycles. The van der Waals surface area contributed by atoms with Gasteiger partial charge in [-0.1, -0.05) is 6.07 Å². The number of nitrogens with one attached hydrogen (secondary N) is 2. The number of rotatable bonds is 7. The Balaban J connectivity index is 1.15. The van der Waals surface area contributed by atoms with Gasteiger partial charge >= 0.3 is 6.18 Å². The fourth-order valence-electron chi connectivity index (χ4n) is 5.50. The summed E-state index contributed by atoms with van der Waals surface area (Å²) in [6, 6.07) is 7.35. The van der Waals surface area contributed by atoms with Crippen LogP contribution in [0.3, 0.4) is 0 Å². The zero-order chi connectivity index (χ0) is 28.3. The van der Waals surface area contributed by atoms with Crippen molar-refractivity contribution >= 4 is 17.6 Å². The zero-order valence-corrected chi connectivity index (χ0v) is 21.6. The summed E-state index contributed by atoms with van der Waals surface area (Å²) in [5.41, 5.74) is 6.56. The van der Waals surface area contributed by atoms with E-state index in [1.54, 1.807) is 34.2 Å². The smallest absolute Gasteiger partial charge is 0.379 e. The third-order valence-electron chi connectivity index (χ3n) is 7.53. The Morgan fingerprint density at radius 3 is 2.67 bits per heavy atom. The molecule has 2 fully saturated rings. The van der Waals surface area contributed by atoms with Gasteiger partial charge in [0.25, 0.3) is 0 Å². The molecule has 212 valence electrons. The van der Waals surface area contributed by atoms with Gasteiger partial charge in [-0.05, 0) is 23.8 Å². The van der Waals surface area contributed by atoms with Gasteiger partial charge in [-0.25, -0.2) is 10.4 Å². The number of hydrazine groups is 1. The second-order valence-electron chi connectivity index (χ2n) is 9.90. The number of aromatic nitrogens is 2. The third kappa shape index (κ3) is 5.86. The molecule has 2 unspecified atom stereocenters. The Hall–Kier alpha value is -3.80. The first-order valence-corrected chi connectivity index (χ1v) is 13.0. The number of fused-ring (bicyclic) bond motifs is 1. The third-order valence-corrected chi connectivity index (χ3v) is 7.53. The van der Waals surface area contributed by atoms with Gasteiger partial charge in [-0.2, -0.15) is 18.4 Å². The molecule has 11 nitrogen and oxygen atoms in total. The highest BCUT2D eigenvalue weighted by molar-refractivity contribution is 5.80. The molecular formula is C26H29F3N8O3. The summed E-state index contributed by atoms with van der Waals surface area (Å²) in [5, 5.41) is 8.93. The van der Waals surface area contributed by atoms with Crippen LogP contribution in [0.2, 0.25) is 0 Å². The first kappa shape index (κ1) is 27.8. The van der Waals surface area contributed by atoms with Crippen molar-refractivity contribution in [3.63, 3.8) is 0 Å². The number of carbonyl (C=O) groups excluding carboxylic acids is 2. The Morgan fingerprint density at radius 1 is 1.18 bits per heavy atom. The first-order valence-electron chi connectivity index (χ1n) is 13.0. The van der Waals surface area contributed by atoms with E-state index >= 15 is 0 Å². The Labute approximate surface area is 228 Å². The summed E-state index contributed by atoms with van der Waals surface area (Å²) >= 11 is 0. The molecule has 2 N–H and O–H groups in total. The summed E-state index contributed by atoms with van der Waals surface area (Å²) in [6.07, 6.45) is -1.47. The van der Waals surface area contributed by atoms with Crippen LogP contribution in [0.25, 0.3) is 0 Å². The maximum absolute atomic E-state index is 13.9. The number of hydrogen-bond donors (Lipinski definition) is 2. The molecule has 2 aromatic rings. The van der Waals surface area contributed by atoms with Crippen molar-refractivity contribution in [3.8, 4) is 6.07 Å². The molecule has 14 heteroatoms. The molecule has 2 amide bonds. The van der Waals surface area contributed by atoms with Crippen molar-refractivity contribution in [2.24, 2.45) is 5.92 Å². The minimum absolute atomic E-state index is 0.0398. The number of pyridine rings is 2. The lowest BCUT2D eigenvalue weighted by Crippen LogP contribution is -2.64. The summed E-state index contributed by atoms with van der Waals surface area (Å²) in [7, 11) is 0. The minimum Gasteiger partial charge on any atom is -0.379 e. The average molecular weight is 559 g/mol. The molecule has 0 aromatic carbocycles. The van der Waals surface area contributed by atoms with Crippen LogP contribution in [-0.4, -0.2) is 89.7 Å². The van der Waals surface area contributed by atoms with Gasteiger partial charge in [0.1, 0.15) is 11.9 Å². The summed E-state index contributed by atoms with van der Waals surface area (Å²) < 4.78 is 47.4. The SMILES string of the molecule is N#Cc1ccc(N2CCN(C(=O)CCOC[C@H]3c4ncccc4CN3C3CNNC(=O)C3C(F)(F)F)CC2)nc1. The second kappa shape index (κ2) is 11.7. The molecule has 5 rings (SSSR count). The van der Waals surface area contributed by atoms with Crippen molar-refractivity contribution in [1.29, 1.82) is 5.26 Å². The fourth-order valence-corrected chi connectivity index (χ4v) is 5.50. The molecule has 40 heavy (non-hydrogen) atoms. The predicted molar refractivity (Wildman–Crippen MR) is 135 cm³/mol. The van der Waals surface area contributed by atoms with E-state index < -0.39 is 30.1 Å². The quantitative estimate of drug-likeness (QED) is 0.481. The molecule has 3 aliphatic rings. The van der Waals surface area contributed by atoms with Crippen molar-refractivity contribution in [1.82, 2.24) is 30.6 Å². The van der Waals surface area contributed by atoms with Gasteiger partial charge in [0.2, 0.25) is 11.8 Å². The monoisotopic (exact) mass is 558 g/mol. The number of nitrogens with zero attached hydrogens (tertiary/aromatic N) is 6. The summed E-state index contributed by atoms with van der Waals surface area (Å²) in [4.78, 5) is 39.1. The molecule has 0 spiro atoms. The van der Waals surface area contributed by atoms with Crippen LogP contribution in [0.5, 0.6) is 0 Å². The van der Waals surface area contributed by atoms with Crippen molar-refractivity contribution in [3.05, 3.63) is 53.5 Å². The summed E-state index contributed by atoms with van der Waals surface area (Å²) in [5.74, 6) is -2.62. The van der Waals surface area contributed by atoms with Gasteiger partial charge in [0.15, 0.2) is 5.92 Å². The predicted octanol–water partition coefficient (Wildman–Crippen LogP) is 1.14. The van der Waals surface area contributed by atoms with Crippen LogP contribution in [0.1, 0.15) is 29.3 Å². The number of nitriles is 1. The molecule has 0 radical (unpaired) electrons. The number of carbonyl (C=O) groups is 2. The Morgan fingerprint density at radius 2 is 1.98 bits per heavy atom. The van der Waals surface area contributed by atoms with Crippen LogP contribution >= 0.6 is 0 Å². The Kier molecular flexibility index (Phi) is 8.15. The molecule has 3 aliphatic heterocycles. The highest BCUT2D eigenvalue weighted by Gasteiger charge is 2.55. The largest absolute Gasteiger partial charge is 0.402 e. The number of hydrogen-bond acceptors (Lipinski definition) is 9. The lowest BCUT2D eigenvalue weighted by molar-refractivity contribution is -0.203. The fraction of sp³-hybridized carbons (Fsp3) is 0.500. The maximum Gasteiger partial charge on any atom is 0.402 e. The standard InChI is InChI=1S/C26H29F3N8O3/c27-26(28,29)23-19(14-33-34-25(23)39)37-15-18-2-1-6-31-24(18)20(37)16-40-11-5-22(38)36-9-7-35(8-10-36)21-4-3-17(12-30)13-32-21/h1-4,6,13,19-20,23,33H,5,7-11,14-16H2,(H,34,39)/t19?,20-,23?/m0/s1. The van der Waals surface area contributed by atoms with Crippen LogP contribution in [-0.2, 0) is 20.9 Å². The van der Waals surface area contributed by atoms with E-state index in [1.807, 2.05) is 12.1 Å². The molecular weight excluding hydrogens is 529 g/mol. The lowest BCUT2D eigenvalue weighted by Gasteiger charge is -2.40. The number of alkyl halides is 3. The average Bonchev–Trinajstić information content (AvgIpc) is 3.33. The van der Waals surface area contributed by atoms with Crippen LogP contribution in [0, 0.1) is 17.2 Å². The van der Waals surface area contributed by atoms with E-state index in [0.29, 0.717) is 37.4 Å². The summed E-state index contributed by atoms with van der Waals surface area (Å²) in [6.45, 7) is 2.52. The molecule has 0 bridgehead atoms. The van der Waals surface area contributed by atoms with E-state index in [0.717, 1.165) is 11.4 Å². The number of halogens is 3. The van der Waals surface area contributed by atoms with Gasteiger partial charge in [-0.15, -0.1) is 0 Å². The van der Waals surface area contributed by atoms with Crippen LogP contribution < -0.4 is 15.8 Å². The van der Waals surface area contributed by atoms with Crippen molar-refractivity contribution in [2.75, 3.05) is 50.8 Å². The van der Waals surface area contributed by atoms with Crippen LogP contribution in [0.15, 0.2) is 36.7 Å². The Bertz CT molecular complexity index is 1260. The van der Waals surface area contributed by atoms with Gasteiger partial charge < -0.3 is 14.5 Å². The van der Waals surface area contributed by atoms with Crippen molar-refractivity contribution < 1.29 is 27.5 Å². The molecule has 0 saturated carbocycles. The van der Waals surface area contributed by atoms with E-state index in [-0.39, 0.29) is 38.6 Å². The maximum atomic E-state index is 13.9. The minimum atomic E-state index is -4.71. The van der Waals surface area contributed by atoms with E-state index in [9.17, 15) is 22.8 Å². The first-order chi connectivity index (χ1) is 19.3. The van der Waals surface area contributed by atoms with E-state index in [4.69, 9.17) is 10.00 Å². The van der Waals surface area contributed by atoms with Crippen molar-refractivity contribution in [2.45, 2.75) is 31.2 Å². The normalized spacial score (nSPS) is 23.4. The van der Waals surface area contributed by atoms with Gasteiger partial charge in [0, 0.05) is 57.7 Å². The molecule has 2 aromatic heterocycles. The molecule has 3 atom stereocenters. The highest BCUT2D eigenvalue weighted by Crippen LogP contribution is 2.40. The molecule has 0 aliphatic carbocycles. The molecule has 2 saturated heterocycles. The zero-order valence-electron chi connectivity index (χ0n) is 21.6. The lowest BCUT2D eigenvalue weighted by atomic mass is 9.94. The van der Waals surface area contributed by atoms with E-state index in [2.05, 4.69) is 25.7 Å². The highest BCUT2D eigenvalue weighted by atomic mass is 19.4. The number of ether oxygens (including phenoxy) is 1. The number of anilines is 1. The van der Waals surface area contributed by atoms with Gasteiger partial charge in [0.05, 0.1) is 36.9 Å². The van der Waals surface area contributed by atoms with Crippen LogP contribution in [0.4, 0.5) is 19.0 Å². The number of amides is 2.